The third-order valence-corrected chi connectivity index (χ3v) is 4.59. The van der Waals surface area contributed by atoms with Crippen LogP contribution in [0.5, 0.6) is 5.88 Å². The molecule has 0 bridgehead atoms. The van der Waals surface area contributed by atoms with Gasteiger partial charge in [-0.1, -0.05) is 0 Å². The van der Waals surface area contributed by atoms with Gasteiger partial charge in [-0.25, -0.2) is 9.97 Å². The molecule has 1 saturated heterocycles. The first-order valence-electron chi connectivity index (χ1n) is 7.32. The van der Waals surface area contributed by atoms with Crippen molar-refractivity contribution >= 4 is 11.3 Å². The van der Waals surface area contributed by atoms with Crippen molar-refractivity contribution in [2.45, 2.75) is 26.3 Å². The Morgan fingerprint density at radius 3 is 2.86 bits per heavy atom. The van der Waals surface area contributed by atoms with Crippen molar-refractivity contribution in [3.8, 4) is 5.88 Å². The van der Waals surface area contributed by atoms with Crippen LogP contribution >= 0.6 is 11.3 Å². The second-order valence-corrected chi connectivity index (χ2v) is 6.49. The van der Waals surface area contributed by atoms with Crippen molar-refractivity contribution in [3.63, 3.8) is 0 Å². The molecule has 6 heteroatoms. The summed E-state index contributed by atoms with van der Waals surface area (Å²) >= 11 is 1.73. The minimum absolute atomic E-state index is 0.612. The van der Waals surface area contributed by atoms with E-state index in [1.54, 1.807) is 29.9 Å². The Morgan fingerprint density at radius 1 is 1.33 bits per heavy atom. The molecule has 1 aliphatic rings. The summed E-state index contributed by atoms with van der Waals surface area (Å²) in [5, 5.41) is 3.32. The van der Waals surface area contributed by atoms with Crippen LogP contribution in [0.4, 0.5) is 0 Å². The number of rotatable bonds is 5. The Bertz CT molecular complexity index is 552. The fourth-order valence-electron chi connectivity index (χ4n) is 2.58. The summed E-state index contributed by atoms with van der Waals surface area (Å²) in [4.78, 5) is 15.2. The first-order valence-corrected chi connectivity index (χ1v) is 8.20. The van der Waals surface area contributed by atoms with Gasteiger partial charge in [0.2, 0.25) is 5.88 Å². The van der Waals surface area contributed by atoms with Gasteiger partial charge in [-0.05, 0) is 38.8 Å². The summed E-state index contributed by atoms with van der Waals surface area (Å²) in [6.07, 6.45) is 7.33. The highest BCUT2D eigenvalue weighted by atomic mass is 32.1. The van der Waals surface area contributed by atoms with Crippen molar-refractivity contribution in [2.24, 2.45) is 5.92 Å². The van der Waals surface area contributed by atoms with E-state index < -0.39 is 0 Å². The molecule has 0 saturated carbocycles. The number of nitrogens with zero attached hydrogens (tertiary/aromatic N) is 4. The van der Waals surface area contributed by atoms with Crippen LogP contribution in [-0.2, 0) is 6.54 Å². The average molecular weight is 304 g/mol. The van der Waals surface area contributed by atoms with Crippen LogP contribution in [0.3, 0.4) is 0 Å². The fraction of sp³-hybridized carbons (Fsp3) is 0.533. The van der Waals surface area contributed by atoms with Crippen LogP contribution in [0.2, 0.25) is 0 Å². The molecule has 0 aromatic carbocycles. The van der Waals surface area contributed by atoms with Gasteiger partial charge in [0.1, 0.15) is 0 Å². The highest BCUT2D eigenvalue weighted by molar-refractivity contribution is 7.09. The lowest BCUT2D eigenvalue weighted by Gasteiger charge is -2.31. The van der Waals surface area contributed by atoms with Crippen molar-refractivity contribution in [3.05, 3.63) is 34.7 Å². The summed E-state index contributed by atoms with van der Waals surface area (Å²) in [5.41, 5.74) is 1.20. The van der Waals surface area contributed by atoms with E-state index in [-0.39, 0.29) is 0 Å². The molecule has 2 aromatic heterocycles. The van der Waals surface area contributed by atoms with Crippen molar-refractivity contribution < 1.29 is 4.74 Å². The van der Waals surface area contributed by atoms with E-state index in [1.165, 1.54) is 18.5 Å². The predicted molar refractivity (Wildman–Crippen MR) is 82.4 cm³/mol. The fourth-order valence-corrected chi connectivity index (χ4v) is 3.19. The smallest absolute Gasteiger partial charge is 0.232 e. The number of likely N-dealkylation sites (tertiary alicyclic amines) is 1. The first-order chi connectivity index (χ1) is 10.3. The summed E-state index contributed by atoms with van der Waals surface area (Å²) < 4.78 is 5.70. The monoisotopic (exact) mass is 304 g/mol. The predicted octanol–water partition coefficient (Wildman–Crippen LogP) is 2.53. The molecule has 1 fully saturated rings. The maximum Gasteiger partial charge on any atom is 0.232 e. The molecule has 0 radical (unpaired) electrons. The molecular weight excluding hydrogens is 284 g/mol. The molecule has 5 nitrogen and oxygen atoms in total. The SMILES string of the molecule is Cc1nc(CN2CCC(COc3cnccn3)CC2)cs1. The number of piperidine rings is 1. The zero-order valence-corrected chi connectivity index (χ0v) is 13.1. The van der Waals surface area contributed by atoms with Gasteiger partial charge in [0.15, 0.2) is 0 Å². The first kappa shape index (κ1) is 14.4. The van der Waals surface area contributed by atoms with E-state index in [1.807, 2.05) is 0 Å². The molecule has 0 amide bonds. The van der Waals surface area contributed by atoms with E-state index in [2.05, 4.69) is 32.2 Å². The molecule has 0 atom stereocenters. The minimum Gasteiger partial charge on any atom is -0.476 e. The lowest BCUT2D eigenvalue weighted by atomic mass is 9.98. The number of hydrogen-bond donors (Lipinski definition) is 0. The Hall–Kier alpha value is -1.53. The summed E-state index contributed by atoms with van der Waals surface area (Å²) in [7, 11) is 0. The van der Waals surface area contributed by atoms with Gasteiger partial charge in [-0.3, -0.25) is 9.88 Å². The quantitative estimate of drug-likeness (QED) is 0.849. The molecule has 0 aliphatic carbocycles. The van der Waals surface area contributed by atoms with Gasteiger partial charge in [-0.15, -0.1) is 11.3 Å². The average Bonchev–Trinajstić information content (AvgIpc) is 2.93. The molecule has 2 aromatic rings. The zero-order chi connectivity index (χ0) is 14.5. The number of aromatic nitrogens is 3. The molecule has 3 heterocycles. The number of aryl methyl sites for hydroxylation is 1. The molecule has 1 aliphatic heterocycles. The highest BCUT2D eigenvalue weighted by Gasteiger charge is 2.20. The minimum atomic E-state index is 0.612. The molecule has 3 rings (SSSR count). The molecule has 21 heavy (non-hydrogen) atoms. The van der Waals surface area contributed by atoms with E-state index in [9.17, 15) is 0 Å². The lowest BCUT2D eigenvalue weighted by Crippen LogP contribution is -2.35. The largest absolute Gasteiger partial charge is 0.476 e. The summed E-state index contributed by atoms with van der Waals surface area (Å²) in [6, 6.07) is 0. The van der Waals surface area contributed by atoms with Crippen LogP contribution < -0.4 is 4.74 Å². The van der Waals surface area contributed by atoms with Gasteiger partial charge in [0, 0.05) is 24.3 Å². The summed E-state index contributed by atoms with van der Waals surface area (Å²) in [6.45, 7) is 6.00. The third kappa shape index (κ3) is 4.22. The van der Waals surface area contributed by atoms with Gasteiger partial charge in [-0.2, -0.15) is 0 Å². The lowest BCUT2D eigenvalue weighted by molar-refractivity contribution is 0.133. The second-order valence-electron chi connectivity index (χ2n) is 5.43. The Kier molecular flexibility index (Phi) is 4.77. The van der Waals surface area contributed by atoms with E-state index in [4.69, 9.17) is 4.74 Å². The normalized spacial score (nSPS) is 17.0. The molecule has 112 valence electrons. The molecule has 0 spiro atoms. The maximum atomic E-state index is 5.70. The Balaban J connectivity index is 1.40. The number of thiazole rings is 1. The summed E-state index contributed by atoms with van der Waals surface area (Å²) in [5.74, 6) is 1.23. The van der Waals surface area contributed by atoms with Gasteiger partial charge < -0.3 is 4.74 Å². The number of ether oxygens (including phenoxy) is 1. The Labute approximate surface area is 129 Å². The van der Waals surface area contributed by atoms with Gasteiger partial charge in [0.05, 0.1) is 23.5 Å². The van der Waals surface area contributed by atoms with Crippen LogP contribution in [0, 0.1) is 12.8 Å². The van der Waals surface area contributed by atoms with E-state index in [0.29, 0.717) is 11.8 Å². The third-order valence-electron chi connectivity index (χ3n) is 3.77. The maximum absolute atomic E-state index is 5.70. The van der Waals surface area contributed by atoms with Crippen LogP contribution in [0.15, 0.2) is 24.0 Å². The number of hydrogen-bond acceptors (Lipinski definition) is 6. The van der Waals surface area contributed by atoms with Crippen LogP contribution in [0.1, 0.15) is 23.5 Å². The van der Waals surface area contributed by atoms with Crippen LogP contribution in [-0.4, -0.2) is 39.5 Å². The Morgan fingerprint density at radius 2 is 2.19 bits per heavy atom. The van der Waals surface area contributed by atoms with Crippen molar-refractivity contribution in [1.82, 2.24) is 19.9 Å². The molecule has 0 unspecified atom stereocenters. The zero-order valence-electron chi connectivity index (χ0n) is 12.2. The molecular formula is C15H20N4OS. The van der Waals surface area contributed by atoms with Gasteiger partial charge >= 0.3 is 0 Å². The standard InChI is InChI=1S/C15H20N4OS/c1-12-18-14(11-21-12)9-19-6-2-13(3-7-19)10-20-15-8-16-4-5-17-15/h4-5,8,11,13H,2-3,6-7,9-10H2,1H3. The van der Waals surface area contributed by atoms with E-state index in [0.717, 1.165) is 31.2 Å². The second kappa shape index (κ2) is 6.95. The van der Waals surface area contributed by atoms with Crippen molar-refractivity contribution in [1.29, 1.82) is 0 Å². The van der Waals surface area contributed by atoms with E-state index >= 15 is 0 Å². The van der Waals surface area contributed by atoms with Gasteiger partial charge in [0.25, 0.3) is 0 Å². The topological polar surface area (TPSA) is 51.1 Å². The van der Waals surface area contributed by atoms with Crippen LogP contribution in [0.25, 0.3) is 0 Å². The molecule has 0 N–H and O–H groups in total. The highest BCUT2D eigenvalue weighted by Crippen LogP contribution is 2.20. The van der Waals surface area contributed by atoms with Crippen molar-refractivity contribution in [2.75, 3.05) is 19.7 Å².